The lowest BCUT2D eigenvalue weighted by Crippen LogP contribution is -2.06. The Morgan fingerprint density at radius 1 is 1.38 bits per heavy atom. The number of carbonyl (C=O) groups excluding carboxylic acids is 1. The van der Waals surface area contributed by atoms with Gasteiger partial charge in [-0.1, -0.05) is 35.9 Å². The molecule has 21 heavy (non-hydrogen) atoms. The SMILES string of the molecule is CCOC(=O)c1[nH]cc(C#N)c1/C=C/c1ccc(Cl)cc1. The van der Waals surface area contributed by atoms with Gasteiger partial charge in [0.25, 0.3) is 0 Å². The maximum Gasteiger partial charge on any atom is 0.355 e. The van der Waals surface area contributed by atoms with Gasteiger partial charge in [-0.25, -0.2) is 4.79 Å². The van der Waals surface area contributed by atoms with Crippen molar-refractivity contribution in [1.29, 1.82) is 5.26 Å². The highest BCUT2D eigenvalue weighted by Gasteiger charge is 2.16. The van der Waals surface area contributed by atoms with Crippen LogP contribution in [0.15, 0.2) is 30.5 Å². The zero-order valence-corrected chi connectivity index (χ0v) is 12.1. The number of ether oxygens (including phenoxy) is 1. The number of aromatic nitrogens is 1. The molecule has 0 fully saturated rings. The Morgan fingerprint density at radius 3 is 2.71 bits per heavy atom. The Labute approximate surface area is 127 Å². The largest absolute Gasteiger partial charge is 0.461 e. The third kappa shape index (κ3) is 3.53. The van der Waals surface area contributed by atoms with Gasteiger partial charge in [0.1, 0.15) is 11.8 Å². The second-order valence-electron chi connectivity index (χ2n) is 4.21. The minimum atomic E-state index is -0.477. The minimum Gasteiger partial charge on any atom is -0.461 e. The van der Waals surface area contributed by atoms with Crippen LogP contribution < -0.4 is 0 Å². The van der Waals surface area contributed by atoms with Crippen LogP contribution in [0, 0.1) is 11.3 Å². The first-order valence-electron chi connectivity index (χ1n) is 6.38. The summed E-state index contributed by atoms with van der Waals surface area (Å²) in [5, 5.41) is 9.76. The van der Waals surface area contributed by atoms with Crippen LogP contribution in [-0.4, -0.2) is 17.6 Å². The molecule has 4 nitrogen and oxygen atoms in total. The molecular weight excluding hydrogens is 288 g/mol. The van der Waals surface area contributed by atoms with E-state index in [0.717, 1.165) is 5.56 Å². The van der Waals surface area contributed by atoms with Crippen LogP contribution in [-0.2, 0) is 4.74 Å². The average molecular weight is 301 g/mol. The Morgan fingerprint density at radius 2 is 2.10 bits per heavy atom. The Bertz CT molecular complexity index is 709. The average Bonchev–Trinajstić information content (AvgIpc) is 2.90. The molecule has 1 aromatic carbocycles. The standard InChI is InChI=1S/C16H13ClN2O2/c1-2-21-16(20)15-14(12(9-18)10-19-15)8-5-11-3-6-13(17)7-4-11/h3-8,10,19H,2H2,1H3/b8-5+. The first kappa shape index (κ1) is 14.9. The van der Waals surface area contributed by atoms with Gasteiger partial charge in [0, 0.05) is 16.8 Å². The van der Waals surface area contributed by atoms with E-state index in [0.29, 0.717) is 16.1 Å². The van der Waals surface area contributed by atoms with Gasteiger partial charge in [-0.2, -0.15) is 5.26 Å². The van der Waals surface area contributed by atoms with E-state index >= 15 is 0 Å². The van der Waals surface area contributed by atoms with Crippen molar-refractivity contribution in [1.82, 2.24) is 4.98 Å². The molecule has 5 heteroatoms. The summed E-state index contributed by atoms with van der Waals surface area (Å²) in [6.45, 7) is 2.01. The van der Waals surface area contributed by atoms with Crippen molar-refractivity contribution >= 4 is 29.7 Å². The van der Waals surface area contributed by atoms with Gasteiger partial charge in [0.05, 0.1) is 12.2 Å². The van der Waals surface area contributed by atoms with E-state index < -0.39 is 5.97 Å². The van der Waals surface area contributed by atoms with E-state index in [1.165, 1.54) is 6.20 Å². The number of nitrogens with one attached hydrogen (secondary N) is 1. The molecule has 0 amide bonds. The number of esters is 1. The van der Waals surface area contributed by atoms with Gasteiger partial charge in [0.2, 0.25) is 0 Å². The fraction of sp³-hybridized carbons (Fsp3) is 0.125. The van der Waals surface area contributed by atoms with E-state index in [1.54, 1.807) is 25.1 Å². The number of carbonyl (C=O) groups is 1. The third-order valence-electron chi connectivity index (χ3n) is 2.83. The number of halogens is 1. The van der Waals surface area contributed by atoms with Crippen molar-refractivity contribution in [2.24, 2.45) is 0 Å². The van der Waals surface area contributed by atoms with Gasteiger partial charge in [-0.15, -0.1) is 0 Å². The molecule has 106 valence electrons. The summed E-state index contributed by atoms with van der Waals surface area (Å²) in [5.74, 6) is -0.477. The molecule has 1 heterocycles. The summed E-state index contributed by atoms with van der Waals surface area (Å²) in [4.78, 5) is 14.6. The van der Waals surface area contributed by atoms with Crippen molar-refractivity contribution in [3.8, 4) is 6.07 Å². The molecule has 0 spiro atoms. The molecule has 0 aliphatic carbocycles. The van der Waals surface area contributed by atoms with Crippen LogP contribution in [0.5, 0.6) is 0 Å². The molecule has 0 unspecified atom stereocenters. The summed E-state index contributed by atoms with van der Waals surface area (Å²) < 4.78 is 4.96. The summed E-state index contributed by atoms with van der Waals surface area (Å²) in [6.07, 6.45) is 5.02. The Kier molecular flexibility index (Phi) is 4.81. The van der Waals surface area contributed by atoms with E-state index in [4.69, 9.17) is 21.6 Å². The van der Waals surface area contributed by atoms with Gasteiger partial charge in [-0.3, -0.25) is 0 Å². The Balaban J connectivity index is 2.34. The highest BCUT2D eigenvalue weighted by Crippen LogP contribution is 2.19. The number of hydrogen-bond acceptors (Lipinski definition) is 3. The fourth-order valence-electron chi connectivity index (χ4n) is 1.83. The molecule has 1 N–H and O–H groups in total. The zero-order chi connectivity index (χ0) is 15.2. The van der Waals surface area contributed by atoms with Crippen LogP contribution >= 0.6 is 11.6 Å². The quantitative estimate of drug-likeness (QED) is 0.871. The van der Waals surface area contributed by atoms with Crippen molar-refractivity contribution in [2.75, 3.05) is 6.61 Å². The number of aromatic amines is 1. The van der Waals surface area contributed by atoms with Gasteiger partial charge in [-0.05, 0) is 24.6 Å². The lowest BCUT2D eigenvalue weighted by Gasteiger charge is -2.01. The summed E-state index contributed by atoms with van der Waals surface area (Å²) in [5.41, 5.74) is 2.10. The van der Waals surface area contributed by atoms with E-state index in [-0.39, 0.29) is 12.3 Å². The predicted octanol–water partition coefficient (Wildman–Crippen LogP) is 3.89. The van der Waals surface area contributed by atoms with E-state index in [9.17, 15) is 4.79 Å². The first-order chi connectivity index (χ1) is 10.2. The summed E-state index contributed by atoms with van der Waals surface area (Å²) in [6, 6.07) is 9.29. The number of nitriles is 1. The number of hydrogen-bond donors (Lipinski definition) is 1. The molecule has 0 bridgehead atoms. The van der Waals surface area contributed by atoms with Crippen LogP contribution in [0.3, 0.4) is 0 Å². The molecule has 0 aliphatic heterocycles. The molecule has 0 atom stereocenters. The highest BCUT2D eigenvalue weighted by molar-refractivity contribution is 6.30. The first-order valence-corrected chi connectivity index (χ1v) is 6.75. The molecule has 0 saturated heterocycles. The smallest absolute Gasteiger partial charge is 0.355 e. The maximum absolute atomic E-state index is 11.8. The number of rotatable bonds is 4. The lowest BCUT2D eigenvalue weighted by molar-refractivity contribution is 0.0520. The normalized spacial score (nSPS) is 10.5. The number of benzene rings is 1. The topological polar surface area (TPSA) is 65.9 Å². The monoisotopic (exact) mass is 300 g/mol. The zero-order valence-electron chi connectivity index (χ0n) is 11.4. The number of nitrogens with zero attached hydrogens (tertiary/aromatic N) is 1. The highest BCUT2D eigenvalue weighted by atomic mass is 35.5. The second kappa shape index (κ2) is 6.78. The van der Waals surface area contributed by atoms with Crippen molar-refractivity contribution in [3.63, 3.8) is 0 Å². The van der Waals surface area contributed by atoms with Crippen molar-refractivity contribution < 1.29 is 9.53 Å². The summed E-state index contributed by atoms with van der Waals surface area (Å²) in [7, 11) is 0. The molecule has 0 radical (unpaired) electrons. The molecule has 1 aromatic heterocycles. The minimum absolute atomic E-state index is 0.276. The lowest BCUT2D eigenvalue weighted by atomic mass is 10.1. The van der Waals surface area contributed by atoms with Crippen LogP contribution in [0.4, 0.5) is 0 Å². The number of H-pyrrole nitrogens is 1. The van der Waals surface area contributed by atoms with E-state index in [1.807, 2.05) is 24.3 Å². The van der Waals surface area contributed by atoms with Crippen molar-refractivity contribution in [2.45, 2.75) is 6.92 Å². The van der Waals surface area contributed by atoms with Crippen LogP contribution in [0.25, 0.3) is 12.2 Å². The predicted molar refractivity (Wildman–Crippen MR) is 81.8 cm³/mol. The molecule has 0 saturated carbocycles. The van der Waals surface area contributed by atoms with E-state index in [2.05, 4.69) is 4.98 Å². The second-order valence-corrected chi connectivity index (χ2v) is 4.64. The Hall–Kier alpha value is -2.51. The third-order valence-corrected chi connectivity index (χ3v) is 3.08. The molecule has 2 aromatic rings. The summed E-state index contributed by atoms with van der Waals surface area (Å²) >= 11 is 5.83. The van der Waals surface area contributed by atoms with Gasteiger partial charge in [0.15, 0.2) is 0 Å². The van der Waals surface area contributed by atoms with Crippen molar-refractivity contribution in [3.05, 3.63) is 57.9 Å². The molecule has 0 aliphatic rings. The van der Waals surface area contributed by atoms with Gasteiger partial charge >= 0.3 is 5.97 Å². The maximum atomic E-state index is 11.8. The van der Waals surface area contributed by atoms with Gasteiger partial charge < -0.3 is 9.72 Å². The molecular formula is C16H13ClN2O2. The van der Waals surface area contributed by atoms with Crippen LogP contribution in [0.2, 0.25) is 5.02 Å². The molecule has 2 rings (SSSR count). The fourth-order valence-corrected chi connectivity index (χ4v) is 1.95. The van der Waals surface area contributed by atoms with Crippen LogP contribution in [0.1, 0.15) is 34.1 Å².